The van der Waals surface area contributed by atoms with Crippen LogP contribution in [-0.2, 0) is 0 Å². The molecule has 0 bridgehead atoms. The van der Waals surface area contributed by atoms with E-state index in [1.165, 1.54) is 0 Å². The first-order valence-electron chi connectivity index (χ1n) is 6.25. The molecule has 0 saturated heterocycles. The molecule has 0 unspecified atom stereocenters. The fourth-order valence-electron chi connectivity index (χ4n) is 1.91. The Morgan fingerprint density at radius 2 is 2.00 bits per heavy atom. The number of para-hydroxylation sites is 1. The Balaban J connectivity index is 3.09. The molecule has 0 radical (unpaired) electrons. The number of nitrogens with zero attached hydrogens (tertiary/aromatic N) is 1. The molecule has 5 heteroatoms. The van der Waals surface area contributed by atoms with Crippen molar-refractivity contribution in [1.82, 2.24) is 4.90 Å². The van der Waals surface area contributed by atoms with Crippen molar-refractivity contribution in [3.63, 3.8) is 0 Å². The van der Waals surface area contributed by atoms with Crippen LogP contribution in [0.2, 0.25) is 0 Å². The van der Waals surface area contributed by atoms with E-state index in [0.717, 1.165) is 18.3 Å². The topological polar surface area (TPSA) is 38.8 Å². The van der Waals surface area contributed by atoms with E-state index in [0.29, 0.717) is 23.6 Å². The number of ether oxygens (including phenoxy) is 2. The van der Waals surface area contributed by atoms with Crippen LogP contribution in [0, 0.1) is 0 Å². The lowest BCUT2D eigenvalue weighted by molar-refractivity contribution is 0.0762. The Bertz CT molecular complexity index is 417. The van der Waals surface area contributed by atoms with Gasteiger partial charge in [0.15, 0.2) is 11.5 Å². The molecule has 0 aliphatic heterocycles. The van der Waals surface area contributed by atoms with E-state index in [4.69, 9.17) is 9.47 Å². The molecule has 0 aromatic heterocycles. The van der Waals surface area contributed by atoms with Crippen LogP contribution in [0.4, 0.5) is 0 Å². The Morgan fingerprint density at radius 3 is 2.53 bits per heavy atom. The maximum absolute atomic E-state index is 12.5. The van der Waals surface area contributed by atoms with Crippen molar-refractivity contribution in [1.29, 1.82) is 0 Å². The van der Waals surface area contributed by atoms with Crippen molar-refractivity contribution in [2.75, 3.05) is 32.6 Å². The normalized spacial score (nSPS) is 10.1. The van der Waals surface area contributed by atoms with Gasteiger partial charge in [-0.2, -0.15) is 0 Å². The molecular weight excluding hydrogens is 310 g/mol. The van der Waals surface area contributed by atoms with Gasteiger partial charge in [-0.25, -0.2) is 0 Å². The minimum atomic E-state index is -0.0305. The first kappa shape index (κ1) is 15.8. The van der Waals surface area contributed by atoms with Gasteiger partial charge in [0.05, 0.1) is 19.8 Å². The highest BCUT2D eigenvalue weighted by Crippen LogP contribution is 2.31. The van der Waals surface area contributed by atoms with Gasteiger partial charge in [0.1, 0.15) is 0 Å². The predicted molar refractivity (Wildman–Crippen MR) is 79.5 cm³/mol. The Labute approximate surface area is 122 Å². The summed E-state index contributed by atoms with van der Waals surface area (Å²) in [4.78, 5) is 14.4. The van der Waals surface area contributed by atoms with Crippen LogP contribution in [-0.4, -0.2) is 43.4 Å². The second-order valence-corrected chi connectivity index (χ2v) is 4.82. The molecule has 0 fully saturated rings. The van der Waals surface area contributed by atoms with Gasteiger partial charge in [-0.15, -0.1) is 0 Å². The van der Waals surface area contributed by atoms with Crippen LogP contribution in [0.5, 0.6) is 11.5 Å². The largest absolute Gasteiger partial charge is 0.493 e. The van der Waals surface area contributed by atoms with E-state index in [-0.39, 0.29) is 5.91 Å². The lowest BCUT2D eigenvalue weighted by atomic mass is 10.1. The number of carbonyl (C=O) groups excluding carboxylic acids is 1. The second kappa shape index (κ2) is 8.04. The van der Waals surface area contributed by atoms with Crippen molar-refractivity contribution >= 4 is 21.8 Å². The fraction of sp³-hybridized carbons (Fsp3) is 0.500. The number of rotatable bonds is 7. The van der Waals surface area contributed by atoms with Gasteiger partial charge < -0.3 is 14.4 Å². The second-order valence-electron chi connectivity index (χ2n) is 4.02. The molecule has 106 valence electrons. The molecule has 0 saturated carbocycles. The summed E-state index contributed by atoms with van der Waals surface area (Å²) in [6.45, 7) is 3.45. The summed E-state index contributed by atoms with van der Waals surface area (Å²) in [6, 6.07) is 5.34. The molecule has 1 aromatic rings. The van der Waals surface area contributed by atoms with Crippen LogP contribution in [0.25, 0.3) is 0 Å². The van der Waals surface area contributed by atoms with Gasteiger partial charge in [-0.1, -0.05) is 28.9 Å². The molecular formula is C14H20BrNO3. The predicted octanol–water partition coefficient (Wildman–Crippen LogP) is 2.95. The Kier molecular flexibility index (Phi) is 6.70. The molecule has 0 aliphatic rings. The fourth-order valence-corrected chi connectivity index (χ4v) is 2.34. The van der Waals surface area contributed by atoms with E-state index < -0.39 is 0 Å². The number of hydrogen-bond acceptors (Lipinski definition) is 3. The zero-order valence-electron chi connectivity index (χ0n) is 11.6. The van der Waals surface area contributed by atoms with Crippen LogP contribution in [0.15, 0.2) is 18.2 Å². The third-order valence-corrected chi connectivity index (χ3v) is 3.12. The van der Waals surface area contributed by atoms with E-state index in [1.54, 1.807) is 32.4 Å². The number of alkyl halides is 1. The van der Waals surface area contributed by atoms with Crippen molar-refractivity contribution in [2.24, 2.45) is 0 Å². The van der Waals surface area contributed by atoms with Crippen molar-refractivity contribution in [3.05, 3.63) is 23.8 Å². The molecule has 19 heavy (non-hydrogen) atoms. The highest BCUT2D eigenvalue weighted by atomic mass is 79.9. The molecule has 1 rings (SSSR count). The molecule has 0 spiro atoms. The number of methoxy groups -OCH3 is 2. The molecule has 1 amide bonds. The minimum Gasteiger partial charge on any atom is -0.493 e. The van der Waals surface area contributed by atoms with Crippen LogP contribution in [0.1, 0.15) is 23.7 Å². The number of hydrogen-bond donors (Lipinski definition) is 0. The standard InChI is InChI=1S/C14H20BrNO3/c1-4-9-16(10-8-15)14(17)11-6-5-7-12(18-2)13(11)19-3/h5-7H,4,8-10H2,1-3H3. The molecule has 0 heterocycles. The third-order valence-electron chi connectivity index (χ3n) is 2.77. The quantitative estimate of drug-likeness (QED) is 0.722. The van der Waals surface area contributed by atoms with Crippen LogP contribution in [0.3, 0.4) is 0 Å². The SMILES string of the molecule is CCCN(CCBr)C(=O)c1cccc(OC)c1OC. The van der Waals surface area contributed by atoms with E-state index in [9.17, 15) is 4.79 Å². The summed E-state index contributed by atoms with van der Waals surface area (Å²) < 4.78 is 10.5. The van der Waals surface area contributed by atoms with Crippen LogP contribution < -0.4 is 9.47 Å². The zero-order valence-corrected chi connectivity index (χ0v) is 13.2. The van der Waals surface area contributed by atoms with Gasteiger partial charge in [0, 0.05) is 18.4 Å². The van der Waals surface area contributed by atoms with E-state index in [2.05, 4.69) is 22.9 Å². The molecule has 0 atom stereocenters. The van der Waals surface area contributed by atoms with Crippen LogP contribution >= 0.6 is 15.9 Å². The first-order chi connectivity index (χ1) is 9.19. The lowest BCUT2D eigenvalue weighted by Gasteiger charge is -2.22. The Hall–Kier alpha value is -1.23. The summed E-state index contributed by atoms with van der Waals surface area (Å²) in [7, 11) is 3.11. The Morgan fingerprint density at radius 1 is 1.26 bits per heavy atom. The lowest BCUT2D eigenvalue weighted by Crippen LogP contribution is -2.33. The van der Waals surface area contributed by atoms with E-state index >= 15 is 0 Å². The third kappa shape index (κ3) is 3.86. The minimum absolute atomic E-state index is 0.0305. The first-order valence-corrected chi connectivity index (χ1v) is 7.37. The number of halogens is 1. The van der Waals surface area contributed by atoms with Crippen molar-refractivity contribution in [3.8, 4) is 11.5 Å². The molecule has 0 N–H and O–H groups in total. The monoisotopic (exact) mass is 329 g/mol. The maximum Gasteiger partial charge on any atom is 0.257 e. The van der Waals surface area contributed by atoms with Crippen molar-refractivity contribution in [2.45, 2.75) is 13.3 Å². The number of benzene rings is 1. The van der Waals surface area contributed by atoms with E-state index in [1.807, 2.05) is 4.90 Å². The zero-order chi connectivity index (χ0) is 14.3. The highest BCUT2D eigenvalue weighted by molar-refractivity contribution is 9.09. The average Bonchev–Trinajstić information content (AvgIpc) is 2.45. The summed E-state index contributed by atoms with van der Waals surface area (Å²) in [5, 5.41) is 0.755. The average molecular weight is 330 g/mol. The van der Waals surface area contributed by atoms with Gasteiger partial charge in [-0.3, -0.25) is 4.79 Å². The number of carbonyl (C=O) groups is 1. The summed E-state index contributed by atoms with van der Waals surface area (Å²) in [5.74, 6) is 1.03. The molecule has 0 aliphatic carbocycles. The molecule has 4 nitrogen and oxygen atoms in total. The highest BCUT2D eigenvalue weighted by Gasteiger charge is 2.20. The molecule has 1 aromatic carbocycles. The summed E-state index contributed by atoms with van der Waals surface area (Å²) in [5.41, 5.74) is 0.538. The van der Waals surface area contributed by atoms with Gasteiger partial charge >= 0.3 is 0 Å². The van der Waals surface area contributed by atoms with Gasteiger partial charge in [-0.05, 0) is 18.6 Å². The van der Waals surface area contributed by atoms with Gasteiger partial charge in [0.25, 0.3) is 5.91 Å². The number of amides is 1. The smallest absolute Gasteiger partial charge is 0.257 e. The maximum atomic E-state index is 12.5. The van der Waals surface area contributed by atoms with Gasteiger partial charge in [0.2, 0.25) is 0 Å². The summed E-state index contributed by atoms with van der Waals surface area (Å²) in [6.07, 6.45) is 0.922. The van der Waals surface area contributed by atoms with Crippen molar-refractivity contribution < 1.29 is 14.3 Å². The summed E-state index contributed by atoms with van der Waals surface area (Å²) >= 11 is 3.37.